The molecule has 1 aromatic heterocycles. The van der Waals surface area contributed by atoms with Crippen LogP contribution in [0.3, 0.4) is 0 Å². The molecule has 1 heterocycles. The fraction of sp³-hybridized carbons (Fsp3) is 0.583. The third-order valence-corrected chi connectivity index (χ3v) is 2.71. The minimum Gasteiger partial charge on any atom is -0.353 e. The van der Waals surface area contributed by atoms with Crippen molar-refractivity contribution in [3.8, 4) is 0 Å². The third-order valence-electron chi connectivity index (χ3n) is 2.50. The summed E-state index contributed by atoms with van der Waals surface area (Å²) < 4.78 is 0. The van der Waals surface area contributed by atoms with Gasteiger partial charge in [0.1, 0.15) is 11.0 Å². The smallest absolute Gasteiger partial charge is 0.131 e. The van der Waals surface area contributed by atoms with E-state index in [9.17, 15) is 0 Å². The standard InChI is InChI=1S/C12H20ClN3/c1-5-16(10(2)9-15(3)4)12-8-6-7-11(13)14-12/h6-8,10H,5,9H2,1-4H3. The first-order valence-electron chi connectivity index (χ1n) is 5.58. The normalized spacial score (nSPS) is 12.9. The topological polar surface area (TPSA) is 19.4 Å². The fourth-order valence-electron chi connectivity index (χ4n) is 1.88. The Morgan fingerprint density at radius 3 is 2.56 bits per heavy atom. The predicted molar refractivity (Wildman–Crippen MR) is 70.3 cm³/mol. The van der Waals surface area contributed by atoms with E-state index in [1.807, 2.05) is 12.1 Å². The molecule has 1 unspecified atom stereocenters. The zero-order chi connectivity index (χ0) is 12.1. The lowest BCUT2D eigenvalue weighted by Gasteiger charge is -2.31. The van der Waals surface area contributed by atoms with E-state index in [1.54, 1.807) is 6.07 Å². The minimum atomic E-state index is 0.422. The molecule has 1 atom stereocenters. The Kier molecular flexibility index (Phi) is 5.03. The maximum Gasteiger partial charge on any atom is 0.131 e. The van der Waals surface area contributed by atoms with Crippen molar-refractivity contribution in [2.75, 3.05) is 32.1 Å². The van der Waals surface area contributed by atoms with Gasteiger partial charge in [-0.3, -0.25) is 0 Å². The summed E-state index contributed by atoms with van der Waals surface area (Å²) in [6.45, 7) is 6.27. The van der Waals surface area contributed by atoms with E-state index in [0.29, 0.717) is 11.2 Å². The average molecular weight is 242 g/mol. The van der Waals surface area contributed by atoms with E-state index in [1.165, 1.54) is 0 Å². The van der Waals surface area contributed by atoms with Gasteiger partial charge in [0.05, 0.1) is 0 Å². The summed E-state index contributed by atoms with van der Waals surface area (Å²) in [6.07, 6.45) is 0. The van der Waals surface area contributed by atoms with Crippen molar-refractivity contribution in [1.82, 2.24) is 9.88 Å². The predicted octanol–water partition coefficient (Wildman–Crippen LogP) is 2.51. The van der Waals surface area contributed by atoms with Crippen LogP contribution in [0.25, 0.3) is 0 Å². The number of anilines is 1. The SMILES string of the molecule is CCN(c1cccc(Cl)n1)C(C)CN(C)C. The molecule has 4 heteroatoms. The lowest BCUT2D eigenvalue weighted by atomic mass is 10.2. The Bertz CT molecular complexity index is 328. The molecule has 1 aromatic rings. The van der Waals surface area contributed by atoms with E-state index < -0.39 is 0 Å². The molecular formula is C12H20ClN3. The quantitative estimate of drug-likeness (QED) is 0.739. The van der Waals surface area contributed by atoms with Crippen molar-refractivity contribution in [2.45, 2.75) is 19.9 Å². The Hall–Kier alpha value is -0.800. The second-order valence-electron chi connectivity index (χ2n) is 4.22. The van der Waals surface area contributed by atoms with Gasteiger partial charge in [0.2, 0.25) is 0 Å². The molecule has 0 aliphatic rings. The molecule has 0 amide bonds. The summed E-state index contributed by atoms with van der Waals surface area (Å²) in [5, 5.41) is 0.549. The molecule has 0 aliphatic heterocycles. The van der Waals surface area contributed by atoms with Gasteiger partial charge in [-0.15, -0.1) is 0 Å². The molecule has 0 aromatic carbocycles. The van der Waals surface area contributed by atoms with Crippen LogP contribution in [0.5, 0.6) is 0 Å². The number of nitrogens with zero attached hydrogens (tertiary/aromatic N) is 3. The highest BCUT2D eigenvalue weighted by Crippen LogP contribution is 2.16. The maximum absolute atomic E-state index is 5.91. The highest BCUT2D eigenvalue weighted by Gasteiger charge is 2.14. The summed E-state index contributed by atoms with van der Waals surface area (Å²) >= 11 is 5.91. The number of rotatable bonds is 5. The van der Waals surface area contributed by atoms with Crippen molar-refractivity contribution in [3.63, 3.8) is 0 Å². The lowest BCUT2D eigenvalue weighted by Crippen LogP contribution is -2.40. The molecule has 3 nitrogen and oxygen atoms in total. The number of pyridine rings is 1. The van der Waals surface area contributed by atoms with Gasteiger partial charge in [-0.25, -0.2) is 4.98 Å². The van der Waals surface area contributed by atoms with Crippen molar-refractivity contribution >= 4 is 17.4 Å². The highest BCUT2D eigenvalue weighted by molar-refractivity contribution is 6.29. The molecule has 0 N–H and O–H groups in total. The largest absolute Gasteiger partial charge is 0.353 e. The number of likely N-dealkylation sites (N-methyl/N-ethyl adjacent to an activating group) is 2. The molecular weight excluding hydrogens is 222 g/mol. The van der Waals surface area contributed by atoms with Crippen LogP contribution >= 0.6 is 11.6 Å². The summed E-state index contributed by atoms with van der Waals surface area (Å²) in [7, 11) is 4.16. The van der Waals surface area contributed by atoms with Gasteiger partial charge < -0.3 is 9.80 Å². The van der Waals surface area contributed by atoms with Crippen molar-refractivity contribution in [2.24, 2.45) is 0 Å². The molecule has 0 radical (unpaired) electrons. The van der Waals surface area contributed by atoms with Gasteiger partial charge in [0, 0.05) is 19.1 Å². The molecule has 0 fully saturated rings. The van der Waals surface area contributed by atoms with E-state index >= 15 is 0 Å². The van der Waals surface area contributed by atoms with Crippen LogP contribution in [0.2, 0.25) is 5.15 Å². The van der Waals surface area contributed by atoms with Crippen molar-refractivity contribution in [1.29, 1.82) is 0 Å². The molecule has 0 saturated heterocycles. The summed E-state index contributed by atoms with van der Waals surface area (Å²) in [6, 6.07) is 6.17. The summed E-state index contributed by atoms with van der Waals surface area (Å²) in [4.78, 5) is 8.78. The van der Waals surface area contributed by atoms with Crippen LogP contribution in [0, 0.1) is 0 Å². The summed E-state index contributed by atoms with van der Waals surface area (Å²) in [5.41, 5.74) is 0. The highest BCUT2D eigenvalue weighted by atomic mass is 35.5. The molecule has 90 valence electrons. The van der Waals surface area contributed by atoms with Crippen LogP contribution in [0.1, 0.15) is 13.8 Å². The molecule has 0 spiro atoms. The van der Waals surface area contributed by atoms with Crippen LogP contribution in [0.4, 0.5) is 5.82 Å². The van der Waals surface area contributed by atoms with Gasteiger partial charge in [-0.2, -0.15) is 0 Å². The fourth-order valence-corrected chi connectivity index (χ4v) is 2.04. The Balaban J connectivity index is 2.81. The van der Waals surface area contributed by atoms with Crippen LogP contribution in [-0.2, 0) is 0 Å². The first-order chi connectivity index (χ1) is 7.54. The maximum atomic E-state index is 5.91. The second-order valence-corrected chi connectivity index (χ2v) is 4.60. The van der Waals surface area contributed by atoms with E-state index in [0.717, 1.165) is 18.9 Å². The van der Waals surface area contributed by atoms with Gasteiger partial charge in [0.25, 0.3) is 0 Å². The number of hydrogen-bond donors (Lipinski definition) is 0. The number of aromatic nitrogens is 1. The first-order valence-corrected chi connectivity index (χ1v) is 5.96. The number of hydrogen-bond acceptors (Lipinski definition) is 3. The molecule has 0 aliphatic carbocycles. The summed E-state index contributed by atoms with van der Waals surface area (Å²) in [5.74, 6) is 0.948. The zero-order valence-electron chi connectivity index (χ0n) is 10.4. The molecule has 16 heavy (non-hydrogen) atoms. The van der Waals surface area contributed by atoms with Crippen LogP contribution in [-0.4, -0.2) is 43.1 Å². The molecule has 0 saturated carbocycles. The zero-order valence-corrected chi connectivity index (χ0v) is 11.2. The third kappa shape index (κ3) is 3.65. The Morgan fingerprint density at radius 1 is 1.38 bits per heavy atom. The molecule has 0 bridgehead atoms. The van der Waals surface area contributed by atoms with Gasteiger partial charge in [-0.05, 0) is 40.1 Å². The molecule has 1 rings (SSSR count). The van der Waals surface area contributed by atoms with Crippen LogP contribution in [0.15, 0.2) is 18.2 Å². The van der Waals surface area contributed by atoms with Gasteiger partial charge >= 0.3 is 0 Å². The van der Waals surface area contributed by atoms with Gasteiger partial charge in [-0.1, -0.05) is 17.7 Å². The van der Waals surface area contributed by atoms with E-state index in [4.69, 9.17) is 11.6 Å². The number of halogens is 1. The Labute approximate surface area is 103 Å². The van der Waals surface area contributed by atoms with E-state index in [2.05, 4.69) is 42.7 Å². The first kappa shape index (κ1) is 13.3. The van der Waals surface area contributed by atoms with Crippen LogP contribution < -0.4 is 4.90 Å². The second kappa shape index (κ2) is 6.06. The Morgan fingerprint density at radius 2 is 2.06 bits per heavy atom. The minimum absolute atomic E-state index is 0.422. The van der Waals surface area contributed by atoms with Crippen molar-refractivity contribution < 1.29 is 0 Å². The van der Waals surface area contributed by atoms with E-state index in [-0.39, 0.29) is 0 Å². The average Bonchev–Trinajstić information content (AvgIpc) is 2.17. The van der Waals surface area contributed by atoms with Gasteiger partial charge in [0.15, 0.2) is 0 Å². The lowest BCUT2D eigenvalue weighted by molar-refractivity contribution is 0.372. The van der Waals surface area contributed by atoms with Crippen molar-refractivity contribution in [3.05, 3.63) is 23.4 Å². The monoisotopic (exact) mass is 241 g/mol.